The zero-order chi connectivity index (χ0) is 16.9. The summed E-state index contributed by atoms with van der Waals surface area (Å²) in [5, 5.41) is 14.1. The summed E-state index contributed by atoms with van der Waals surface area (Å²) in [4.78, 5) is 0. The van der Waals surface area contributed by atoms with Crippen LogP contribution in [0.1, 0.15) is 22.3 Å². The van der Waals surface area contributed by atoms with E-state index in [1.165, 1.54) is 16.7 Å². The van der Waals surface area contributed by atoms with Gasteiger partial charge in [-0.2, -0.15) is 9.78 Å². The Morgan fingerprint density at radius 2 is 1.96 bits per heavy atom. The lowest BCUT2D eigenvalue weighted by Crippen LogP contribution is -1.94. The fourth-order valence-electron chi connectivity index (χ4n) is 2.22. The van der Waals surface area contributed by atoms with Gasteiger partial charge in [0, 0.05) is 10.8 Å². The first-order valence-corrected chi connectivity index (χ1v) is 8.87. The van der Waals surface area contributed by atoms with Crippen molar-refractivity contribution in [3.63, 3.8) is 0 Å². The van der Waals surface area contributed by atoms with Crippen LogP contribution in [0.5, 0.6) is 0 Å². The van der Waals surface area contributed by atoms with Crippen LogP contribution in [-0.4, -0.2) is 21.1 Å². The number of aromatic nitrogens is 3. The third kappa shape index (κ3) is 4.24. The standard InChI is InChI=1S/C18H17ClN4S/c1-13-3-6-16(14(2)9-13)10-21-23-12-20-22-18(23)24-11-15-4-7-17(19)8-5-15/h3-10,12H,11H2,1-2H3/b21-10+. The van der Waals surface area contributed by atoms with Crippen LogP contribution in [0.4, 0.5) is 0 Å². The molecule has 0 aliphatic heterocycles. The molecule has 0 saturated carbocycles. The maximum Gasteiger partial charge on any atom is 0.212 e. The minimum absolute atomic E-state index is 0.741. The van der Waals surface area contributed by atoms with Crippen LogP contribution in [0.25, 0.3) is 0 Å². The molecule has 1 aromatic heterocycles. The second-order valence-corrected chi connectivity index (χ2v) is 6.86. The van der Waals surface area contributed by atoms with Crippen molar-refractivity contribution in [2.75, 3.05) is 0 Å². The average molecular weight is 357 g/mol. The highest BCUT2D eigenvalue weighted by Crippen LogP contribution is 2.21. The summed E-state index contributed by atoms with van der Waals surface area (Å²) in [6.45, 7) is 4.16. The Bertz CT molecular complexity index is 856. The second kappa shape index (κ2) is 7.64. The van der Waals surface area contributed by atoms with Crippen molar-refractivity contribution in [1.82, 2.24) is 14.9 Å². The van der Waals surface area contributed by atoms with Crippen LogP contribution in [0.2, 0.25) is 5.02 Å². The van der Waals surface area contributed by atoms with Gasteiger partial charge < -0.3 is 0 Å². The first kappa shape index (κ1) is 16.7. The van der Waals surface area contributed by atoms with E-state index in [0.29, 0.717) is 0 Å². The summed E-state index contributed by atoms with van der Waals surface area (Å²) in [7, 11) is 0. The summed E-state index contributed by atoms with van der Waals surface area (Å²) in [5.74, 6) is 0.787. The van der Waals surface area contributed by atoms with Crippen molar-refractivity contribution in [2.45, 2.75) is 24.8 Å². The molecule has 24 heavy (non-hydrogen) atoms. The number of hydrogen-bond acceptors (Lipinski definition) is 4. The number of hydrogen-bond donors (Lipinski definition) is 0. The smallest absolute Gasteiger partial charge is 0.195 e. The SMILES string of the molecule is Cc1ccc(/C=N/n2cnnc2SCc2ccc(Cl)cc2)c(C)c1. The lowest BCUT2D eigenvalue weighted by molar-refractivity contribution is 0.767. The molecule has 6 heteroatoms. The normalized spacial score (nSPS) is 11.3. The zero-order valence-electron chi connectivity index (χ0n) is 13.5. The minimum atomic E-state index is 0.741. The predicted molar refractivity (Wildman–Crippen MR) is 99.9 cm³/mol. The van der Waals surface area contributed by atoms with Crippen molar-refractivity contribution in [3.8, 4) is 0 Å². The van der Waals surface area contributed by atoms with E-state index in [1.807, 2.05) is 30.5 Å². The third-order valence-corrected chi connectivity index (χ3v) is 4.78. The van der Waals surface area contributed by atoms with Gasteiger partial charge in [0.1, 0.15) is 6.33 Å². The maximum absolute atomic E-state index is 5.91. The molecular formula is C18H17ClN4S. The molecule has 0 aliphatic rings. The van der Waals surface area contributed by atoms with Crippen molar-refractivity contribution >= 4 is 29.6 Å². The van der Waals surface area contributed by atoms with E-state index in [4.69, 9.17) is 11.6 Å². The van der Waals surface area contributed by atoms with Gasteiger partial charge in [0.2, 0.25) is 5.16 Å². The molecule has 0 bridgehead atoms. The Hall–Kier alpha value is -2.11. The number of thioether (sulfide) groups is 1. The Morgan fingerprint density at radius 3 is 2.71 bits per heavy atom. The maximum atomic E-state index is 5.91. The molecule has 0 aliphatic carbocycles. The van der Waals surface area contributed by atoms with Crippen LogP contribution < -0.4 is 0 Å². The van der Waals surface area contributed by atoms with Crippen LogP contribution in [0.15, 0.2) is 59.0 Å². The summed E-state index contributed by atoms with van der Waals surface area (Å²) in [5.41, 5.74) is 4.70. The quantitative estimate of drug-likeness (QED) is 0.490. The molecule has 1 heterocycles. The predicted octanol–water partition coefficient (Wildman–Crippen LogP) is 4.72. The van der Waals surface area contributed by atoms with Crippen molar-refractivity contribution in [1.29, 1.82) is 0 Å². The first-order valence-electron chi connectivity index (χ1n) is 7.51. The first-order chi connectivity index (χ1) is 11.6. The highest BCUT2D eigenvalue weighted by molar-refractivity contribution is 7.98. The van der Waals surface area contributed by atoms with E-state index in [2.05, 4.69) is 47.3 Å². The molecule has 3 aromatic rings. The van der Waals surface area contributed by atoms with Crippen molar-refractivity contribution in [3.05, 3.63) is 76.1 Å². The number of nitrogens with zero attached hydrogens (tertiary/aromatic N) is 4. The largest absolute Gasteiger partial charge is 0.212 e. The van der Waals surface area contributed by atoms with E-state index in [0.717, 1.165) is 21.5 Å². The molecule has 2 aromatic carbocycles. The molecule has 0 spiro atoms. The van der Waals surface area contributed by atoms with E-state index >= 15 is 0 Å². The second-order valence-electron chi connectivity index (χ2n) is 5.48. The van der Waals surface area contributed by atoms with Crippen molar-refractivity contribution in [2.24, 2.45) is 5.10 Å². The van der Waals surface area contributed by atoms with Crippen LogP contribution in [0, 0.1) is 13.8 Å². The third-order valence-electron chi connectivity index (χ3n) is 3.53. The fourth-order valence-corrected chi connectivity index (χ4v) is 3.16. The molecule has 0 saturated heterocycles. The number of rotatable bonds is 5. The number of halogens is 1. The average Bonchev–Trinajstić information content (AvgIpc) is 3.01. The lowest BCUT2D eigenvalue weighted by atomic mass is 10.1. The van der Waals surface area contributed by atoms with Gasteiger partial charge in [-0.15, -0.1) is 10.2 Å². The van der Waals surface area contributed by atoms with E-state index in [9.17, 15) is 0 Å². The van der Waals surface area contributed by atoms with E-state index < -0.39 is 0 Å². The van der Waals surface area contributed by atoms with Crippen LogP contribution in [-0.2, 0) is 5.75 Å². The minimum Gasteiger partial charge on any atom is -0.195 e. The molecule has 0 atom stereocenters. The van der Waals surface area contributed by atoms with Gasteiger partial charge in [-0.05, 0) is 42.7 Å². The van der Waals surface area contributed by atoms with Crippen molar-refractivity contribution < 1.29 is 0 Å². The van der Waals surface area contributed by atoms with Gasteiger partial charge >= 0.3 is 0 Å². The highest BCUT2D eigenvalue weighted by atomic mass is 35.5. The molecule has 4 nitrogen and oxygen atoms in total. The summed E-state index contributed by atoms with van der Waals surface area (Å²) < 4.78 is 1.69. The molecule has 0 N–H and O–H groups in total. The van der Waals surface area contributed by atoms with Gasteiger partial charge in [-0.1, -0.05) is 59.3 Å². The fraction of sp³-hybridized carbons (Fsp3) is 0.167. The highest BCUT2D eigenvalue weighted by Gasteiger charge is 2.05. The Balaban J connectivity index is 1.70. The van der Waals surface area contributed by atoms with Gasteiger partial charge in [-0.25, -0.2) is 0 Å². The number of aryl methyl sites for hydroxylation is 2. The Labute approximate surface area is 150 Å². The zero-order valence-corrected chi connectivity index (χ0v) is 15.1. The monoisotopic (exact) mass is 356 g/mol. The molecule has 0 unspecified atom stereocenters. The van der Waals surface area contributed by atoms with Gasteiger partial charge in [0.15, 0.2) is 0 Å². The molecule has 0 amide bonds. The van der Waals surface area contributed by atoms with E-state index in [1.54, 1.807) is 22.8 Å². The molecular weight excluding hydrogens is 340 g/mol. The molecule has 3 rings (SSSR count). The number of benzene rings is 2. The summed E-state index contributed by atoms with van der Waals surface area (Å²) >= 11 is 7.49. The Morgan fingerprint density at radius 1 is 1.17 bits per heavy atom. The molecule has 0 fully saturated rings. The van der Waals surface area contributed by atoms with Crippen LogP contribution >= 0.6 is 23.4 Å². The molecule has 0 radical (unpaired) electrons. The van der Waals surface area contributed by atoms with Gasteiger partial charge in [0.25, 0.3) is 0 Å². The van der Waals surface area contributed by atoms with Gasteiger partial charge in [0.05, 0.1) is 6.21 Å². The summed E-state index contributed by atoms with van der Waals surface area (Å²) in [6.07, 6.45) is 3.45. The Kier molecular flexibility index (Phi) is 5.33. The topological polar surface area (TPSA) is 43.1 Å². The van der Waals surface area contributed by atoms with E-state index in [-0.39, 0.29) is 0 Å². The van der Waals surface area contributed by atoms with Gasteiger partial charge in [-0.3, -0.25) is 0 Å². The molecule has 122 valence electrons. The lowest BCUT2D eigenvalue weighted by Gasteiger charge is -2.03. The van der Waals surface area contributed by atoms with Crippen LogP contribution in [0.3, 0.4) is 0 Å². The summed E-state index contributed by atoms with van der Waals surface area (Å²) in [6, 6.07) is 14.1.